The summed E-state index contributed by atoms with van der Waals surface area (Å²) >= 11 is 0. The number of carbonyl (C=O) groups excluding carboxylic acids is 2. The Morgan fingerprint density at radius 1 is 1.31 bits per heavy atom. The summed E-state index contributed by atoms with van der Waals surface area (Å²) in [6, 6.07) is 4.33. The van der Waals surface area contributed by atoms with Gasteiger partial charge in [0.05, 0.1) is 19.2 Å². The van der Waals surface area contributed by atoms with Gasteiger partial charge in [0.15, 0.2) is 5.69 Å². The molecule has 32 heavy (non-hydrogen) atoms. The van der Waals surface area contributed by atoms with E-state index in [2.05, 4.69) is 5.10 Å². The van der Waals surface area contributed by atoms with Crippen LogP contribution in [0.15, 0.2) is 41.5 Å². The second kappa shape index (κ2) is 8.33. The lowest BCUT2D eigenvalue weighted by Gasteiger charge is -2.32. The number of methoxy groups -OCH3 is 1. The minimum atomic E-state index is -4.58. The van der Waals surface area contributed by atoms with Crippen molar-refractivity contribution in [1.82, 2.24) is 14.5 Å². The van der Waals surface area contributed by atoms with Gasteiger partial charge >= 0.3 is 12.1 Å². The van der Waals surface area contributed by atoms with Gasteiger partial charge in [-0.05, 0) is 31.4 Å². The first-order valence-corrected chi connectivity index (χ1v) is 10.2. The Morgan fingerprint density at radius 3 is 2.78 bits per heavy atom. The molecule has 3 heterocycles. The number of aromatic nitrogens is 2. The Balaban J connectivity index is 1.62. The number of pyridine rings is 1. The molecule has 2 aliphatic rings. The summed E-state index contributed by atoms with van der Waals surface area (Å²) in [7, 11) is 1.37. The molecular weight excluding hydrogens is 427 g/mol. The predicted molar refractivity (Wildman–Crippen MR) is 108 cm³/mol. The first-order valence-electron chi connectivity index (χ1n) is 10.2. The maximum Gasteiger partial charge on any atom is 0.435 e. The van der Waals surface area contributed by atoms with Crippen LogP contribution in [0.3, 0.4) is 0 Å². The van der Waals surface area contributed by atoms with Crippen LogP contribution in [0, 0.1) is 0 Å². The van der Waals surface area contributed by atoms with E-state index in [1.54, 1.807) is 25.1 Å². The summed E-state index contributed by atoms with van der Waals surface area (Å²) < 4.78 is 51.0. The van der Waals surface area contributed by atoms with E-state index in [9.17, 15) is 22.8 Å². The van der Waals surface area contributed by atoms with E-state index in [0.29, 0.717) is 36.0 Å². The van der Waals surface area contributed by atoms with E-state index in [1.807, 2.05) is 6.08 Å². The van der Waals surface area contributed by atoms with Crippen LogP contribution in [-0.2, 0) is 20.5 Å². The van der Waals surface area contributed by atoms with Crippen LogP contribution >= 0.6 is 0 Å². The third-order valence-corrected chi connectivity index (χ3v) is 5.69. The number of allylic oxidation sites excluding steroid dienone is 1. The number of hydrogen-bond acceptors (Lipinski definition) is 5. The Kier molecular flexibility index (Phi) is 5.70. The molecule has 0 saturated heterocycles. The Bertz CT molecular complexity index is 1130. The third kappa shape index (κ3) is 3.96. The lowest BCUT2D eigenvalue weighted by atomic mass is 9.82. The molecule has 0 bridgehead atoms. The Morgan fingerprint density at radius 2 is 2.09 bits per heavy atom. The molecule has 2 aromatic heterocycles. The smallest absolute Gasteiger partial charge is 0.435 e. The molecule has 0 radical (unpaired) electrons. The van der Waals surface area contributed by atoms with Gasteiger partial charge in [-0.2, -0.15) is 18.3 Å². The van der Waals surface area contributed by atoms with Crippen molar-refractivity contribution in [3.05, 3.63) is 52.8 Å². The topological polar surface area (TPSA) is 73.1 Å². The zero-order chi connectivity index (χ0) is 23.0. The molecular formula is C22H22F3N3O4. The highest BCUT2D eigenvalue weighted by Gasteiger charge is 2.36. The molecule has 1 atom stereocenters. The first-order chi connectivity index (χ1) is 15.2. The fourth-order valence-corrected chi connectivity index (χ4v) is 4.18. The van der Waals surface area contributed by atoms with E-state index in [0.717, 1.165) is 16.2 Å². The van der Waals surface area contributed by atoms with Gasteiger partial charge < -0.3 is 14.4 Å². The highest BCUT2D eigenvalue weighted by atomic mass is 19.4. The Labute approximate surface area is 182 Å². The molecule has 170 valence electrons. The molecule has 1 unspecified atom stereocenters. The number of alkyl halides is 3. The normalized spacial score (nSPS) is 18.8. The minimum Gasteiger partial charge on any atom is -0.481 e. The van der Waals surface area contributed by atoms with Gasteiger partial charge in [-0.3, -0.25) is 9.59 Å². The Hall–Kier alpha value is -3.30. The standard InChI is InChI=1S/C22H22F3N3O4/c1-3-32-20(29)12-27-9-8-14-10-13(4-5-16(14)21(27)30)15-6-7-19(31-2)28-17(15)11-18(26-28)22(23,24)25/h4-7,11,13H,3,8-10,12H2,1-2H3. The quantitative estimate of drug-likeness (QED) is 0.654. The molecule has 2 aromatic rings. The van der Waals surface area contributed by atoms with Crippen molar-refractivity contribution >= 4 is 17.4 Å². The van der Waals surface area contributed by atoms with Crippen LogP contribution < -0.4 is 4.74 Å². The number of carbonyl (C=O) groups is 2. The summed E-state index contributed by atoms with van der Waals surface area (Å²) in [5.74, 6) is -0.715. The lowest BCUT2D eigenvalue weighted by molar-refractivity contribution is -0.148. The number of ether oxygens (including phenoxy) is 2. The number of esters is 1. The molecule has 0 N–H and O–H groups in total. The zero-order valence-corrected chi connectivity index (χ0v) is 17.6. The SMILES string of the molecule is CCOC(=O)CN1CCC2=C(C=CC(c3ccc(OC)n4nc(C(F)(F)F)cc34)C2)C1=O. The number of halogens is 3. The number of rotatable bonds is 5. The monoisotopic (exact) mass is 449 g/mol. The van der Waals surface area contributed by atoms with E-state index in [1.165, 1.54) is 12.0 Å². The van der Waals surface area contributed by atoms with Crippen molar-refractivity contribution in [3.63, 3.8) is 0 Å². The molecule has 1 amide bonds. The molecule has 0 spiro atoms. The van der Waals surface area contributed by atoms with Crippen LogP contribution in [0.1, 0.15) is 36.9 Å². The average molecular weight is 449 g/mol. The van der Waals surface area contributed by atoms with Gasteiger partial charge in [0.25, 0.3) is 5.91 Å². The van der Waals surface area contributed by atoms with Crippen molar-refractivity contribution in [2.45, 2.75) is 31.9 Å². The second-order valence-electron chi connectivity index (χ2n) is 7.62. The summed E-state index contributed by atoms with van der Waals surface area (Å²) in [5, 5.41) is 3.68. The molecule has 0 aromatic carbocycles. The molecule has 1 aliphatic heterocycles. The van der Waals surface area contributed by atoms with Crippen molar-refractivity contribution in [2.24, 2.45) is 0 Å². The summed E-state index contributed by atoms with van der Waals surface area (Å²) in [6.45, 7) is 2.24. The lowest BCUT2D eigenvalue weighted by Crippen LogP contribution is -2.41. The van der Waals surface area contributed by atoms with Crippen LogP contribution in [0.4, 0.5) is 13.2 Å². The first kappa shape index (κ1) is 21.9. The van der Waals surface area contributed by atoms with Gasteiger partial charge in [-0.25, -0.2) is 4.52 Å². The van der Waals surface area contributed by atoms with Crippen molar-refractivity contribution in [1.29, 1.82) is 0 Å². The molecule has 0 fully saturated rings. The van der Waals surface area contributed by atoms with Gasteiger partial charge in [0, 0.05) is 24.1 Å². The number of fused-ring (bicyclic) bond motifs is 1. The van der Waals surface area contributed by atoms with Gasteiger partial charge in [-0.1, -0.05) is 23.8 Å². The molecule has 10 heteroatoms. The average Bonchev–Trinajstić information content (AvgIpc) is 3.21. The third-order valence-electron chi connectivity index (χ3n) is 5.69. The number of nitrogens with zero attached hydrogens (tertiary/aromatic N) is 3. The second-order valence-corrected chi connectivity index (χ2v) is 7.62. The van der Waals surface area contributed by atoms with Crippen LogP contribution in [0.5, 0.6) is 5.88 Å². The molecule has 1 aliphatic carbocycles. The van der Waals surface area contributed by atoms with E-state index >= 15 is 0 Å². The molecule has 0 saturated carbocycles. The number of hydrogen-bond donors (Lipinski definition) is 0. The van der Waals surface area contributed by atoms with Crippen molar-refractivity contribution < 1.29 is 32.2 Å². The largest absolute Gasteiger partial charge is 0.481 e. The van der Waals surface area contributed by atoms with Crippen LogP contribution in [0.25, 0.3) is 5.52 Å². The van der Waals surface area contributed by atoms with Crippen molar-refractivity contribution in [2.75, 3.05) is 26.8 Å². The minimum absolute atomic E-state index is 0.101. The fourth-order valence-electron chi connectivity index (χ4n) is 4.18. The zero-order valence-electron chi connectivity index (χ0n) is 17.6. The van der Waals surface area contributed by atoms with Crippen LogP contribution in [-0.4, -0.2) is 53.2 Å². The van der Waals surface area contributed by atoms with Gasteiger partial charge in [-0.15, -0.1) is 0 Å². The summed E-state index contributed by atoms with van der Waals surface area (Å²) in [5.41, 5.74) is 1.43. The fraction of sp³-hybridized carbons (Fsp3) is 0.409. The molecule has 4 rings (SSSR count). The van der Waals surface area contributed by atoms with Crippen molar-refractivity contribution in [3.8, 4) is 5.88 Å². The molecule has 7 nitrogen and oxygen atoms in total. The van der Waals surface area contributed by atoms with E-state index < -0.39 is 17.8 Å². The highest BCUT2D eigenvalue weighted by Crippen LogP contribution is 2.39. The van der Waals surface area contributed by atoms with Gasteiger partial charge in [0.1, 0.15) is 6.54 Å². The summed E-state index contributed by atoms with van der Waals surface area (Å²) in [4.78, 5) is 26.0. The highest BCUT2D eigenvalue weighted by molar-refractivity contribution is 5.99. The number of amides is 1. The van der Waals surface area contributed by atoms with E-state index in [-0.39, 0.29) is 30.9 Å². The van der Waals surface area contributed by atoms with Gasteiger partial charge in [0.2, 0.25) is 5.88 Å². The maximum absolute atomic E-state index is 13.3. The maximum atomic E-state index is 13.3. The predicted octanol–water partition coefficient (Wildman–Crippen LogP) is 3.50. The summed E-state index contributed by atoms with van der Waals surface area (Å²) in [6.07, 6.45) is 0.0162. The van der Waals surface area contributed by atoms with E-state index in [4.69, 9.17) is 9.47 Å². The van der Waals surface area contributed by atoms with Crippen LogP contribution in [0.2, 0.25) is 0 Å².